The van der Waals surface area contributed by atoms with Crippen molar-refractivity contribution in [2.45, 2.75) is 33.0 Å². The topological polar surface area (TPSA) is 24.5 Å². The molecule has 21 heavy (non-hydrogen) atoms. The van der Waals surface area contributed by atoms with Gasteiger partial charge in [-0.15, -0.1) is 11.3 Å². The summed E-state index contributed by atoms with van der Waals surface area (Å²) in [6.45, 7) is 8.06. The number of fused-ring (bicyclic) bond motifs is 1. The van der Waals surface area contributed by atoms with E-state index >= 15 is 0 Å². The molecular weight excluding hydrogens is 280 g/mol. The second-order valence-electron chi connectivity index (χ2n) is 5.50. The molecule has 0 aliphatic rings. The Morgan fingerprint density at radius 1 is 1.33 bits per heavy atom. The maximum Gasteiger partial charge on any atom is 0.0615 e. The molecule has 2 aromatic rings. The Morgan fingerprint density at radius 2 is 2.10 bits per heavy atom. The van der Waals surface area contributed by atoms with Gasteiger partial charge >= 0.3 is 0 Å². The fourth-order valence-electron chi connectivity index (χ4n) is 2.48. The molecule has 1 N–H and O–H groups in total. The molecule has 1 aromatic heterocycles. The Bertz CT molecular complexity index is 567. The van der Waals surface area contributed by atoms with Gasteiger partial charge in [0, 0.05) is 35.8 Å². The number of benzene rings is 1. The van der Waals surface area contributed by atoms with Crippen molar-refractivity contribution in [2.75, 3.05) is 27.3 Å². The molecule has 0 bridgehead atoms. The highest BCUT2D eigenvalue weighted by molar-refractivity contribution is 7.19. The van der Waals surface area contributed by atoms with E-state index in [4.69, 9.17) is 4.74 Å². The minimum Gasteiger partial charge on any atom is -0.383 e. The van der Waals surface area contributed by atoms with Crippen molar-refractivity contribution in [3.05, 3.63) is 34.7 Å². The number of nitrogens with zero attached hydrogens (tertiary/aromatic N) is 1. The molecule has 0 spiro atoms. The molecule has 2 rings (SSSR count). The predicted octanol–water partition coefficient (Wildman–Crippen LogP) is 3.48. The van der Waals surface area contributed by atoms with Crippen LogP contribution >= 0.6 is 11.3 Å². The summed E-state index contributed by atoms with van der Waals surface area (Å²) in [5.41, 5.74) is 1.46. The summed E-state index contributed by atoms with van der Waals surface area (Å²) in [4.78, 5) is 3.82. The summed E-state index contributed by atoms with van der Waals surface area (Å²) in [6, 6.07) is 9.13. The van der Waals surface area contributed by atoms with E-state index < -0.39 is 0 Å². The molecular formula is C17H26N2OS. The van der Waals surface area contributed by atoms with E-state index in [2.05, 4.69) is 55.4 Å². The van der Waals surface area contributed by atoms with Gasteiger partial charge in [-0.2, -0.15) is 0 Å². The van der Waals surface area contributed by atoms with Crippen LogP contribution in [0.1, 0.15) is 24.3 Å². The van der Waals surface area contributed by atoms with E-state index in [0.29, 0.717) is 6.04 Å². The second kappa shape index (κ2) is 7.90. The zero-order valence-electron chi connectivity index (χ0n) is 13.5. The number of hydrogen-bond acceptors (Lipinski definition) is 4. The van der Waals surface area contributed by atoms with Crippen molar-refractivity contribution in [3.63, 3.8) is 0 Å². The second-order valence-corrected chi connectivity index (χ2v) is 6.64. The van der Waals surface area contributed by atoms with E-state index in [1.54, 1.807) is 7.11 Å². The van der Waals surface area contributed by atoms with Crippen molar-refractivity contribution >= 4 is 21.4 Å². The van der Waals surface area contributed by atoms with Crippen LogP contribution in [0.5, 0.6) is 0 Å². The highest BCUT2D eigenvalue weighted by Gasteiger charge is 2.16. The smallest absolute Gasteiger partial charge is 0.0615 e. The third-order valence-corrected chi connectivity index (χ3v) is 5.10. The van der Waals surface area contributed by atoms with E-state index in [1.165, 1.54) is 20.5 Å². The zero-order valence-corrected chi connectivity index (χ0v) is 14.3. The molecule has 116 valence electrons. The van der Waals surface area contributed by atoms with Crippen molar-refractivity contribution < 1.29 is 4.74 Å². The van der Waals surface area contributed by atoms with Gasteiger partial charge in [0.1, 0.15) is 0 Å². The first-order valence-electron chi connectivity index (χ1n) is 7.56. The minimum absolute atomic E-state index is 0.417. The molecule has 0 aliphatic carbocycles. The summed E-state index contributed by atoms with van der Waals surface area (Å²) in [5, 5.41) is 4.86. The first kappa shape index (κ1) is 16.4. The van der Waals surface area contributed by atoms with Crippen molar-refractivity contribution in [1.82, 2.24) is 10.2 Å². The highest BCUT2D eigenvalue weighted by atomic mass is 32.1. The van der Waals surface area contributed by atoms with Gasteiger partial charge in [0.2, 0.25) is 0 Å². The Labute approximate surface area is 131 Å². The van der Waals surface area contributed by atoms with E-state index in [0.717, 1.165) is 26.2 Å². The number of hydrogen-bond donors (Lipinski definition) is 1. The fourth-order valence-corrected chi connectivity index (χ4v) is 3.66. The quantitative estimate of drug-likeness (QED) is 0.808. The number of thiophene rings is 1. The number of rotatable bonds is 8. The van der Waals surface area contributed by atoms with Gasteiger partial charge in [0.15, 0.2) is 0 Å². The van der Waals surface area contributed by atoms with E-state index in [-0.39, 0.29) is 0 Å². The molecule has 0 fully saturated rings. The molecule has 0 amide bonds. The van der Waals surface area contributed by atoms with Crippen LogP contribution in [-0.4, -0.2) is 38.3 Å². The summed E-state index contributed by atoms with van der Waals surface area (Å²) in [7, 11) is 3.94. The average Bonchev–Trinajstić information content (AvgIpc) is 2.83. The molecule has 0 saturated carbocycles. The molecule has 1 aromatic carbocycles. The van der Waals surface area contributed by atoms with E-state index in [1.807, 2.05) is 11.3 Å². The highest BCUT2D eigenvalue weighted by Crippen LogP contribution is 2.32. The normalized spacial score (nSPS) is 13.2. The largest absolute Gasteiger partial charge is 0.383 e. The van der Waals surface area contributed by atoms with Crippen LogP contribution in [0.4, 0.5) is 0 Å². The van der Waals surface area contributed by atoms with Crippen LogP contribution in [0.15, 0.2) is 24.3 Å². The Hall–Kier alpha value is -0.940. The van der Waals surface area contributed by atoms with Gasteiger partial charge in [0.05, 0.1) is 6.61 Å². The molecule has 1 unspecified atom stereocenters. The van der Waals surface area contributed by atoms with Crippen LogP contribution < -0.4 is 5.32 Å². The zero-order chi connectivity index (χ0) is 15.2. The van der Waals surface area contributed by atoms with Gasteiger partial charge in [-0.25, -0.2) is 0 Å². The van der Waals surface area contributed by atoms with Gasteiger partial charge < -0.3 is 10.1 Å². The van der Waals surface area contributed by atoms with Crippen molar-refractivity contribution in [1.29, 1.82) is 0 Å². The lowest BCUT2D eigenvalue weighted by Gasteiger charge is -2.24. The number of nitrogens with one attached hydrogen (secondary N) is 1. The predicted molar refractivity (Wildman–Crippen MR) is 92.0 cm³/mol. The summed E-state index contributed by atoms with van der Waals surface area (Å²) >= 11 is 1.91. The molecule has 4 heteroatoms. The average molecular weight is 306 g/mol. The van der Waals surface area contributed by atoms with Crippen molar-refractivity contribution in [3.8, 4) is 0 Å². The Kier molecular flexibility index (Phi) is 6.18. The lowest BCUT2D eigenvalue weighted by molar-refractivity contribution is 0.112. The molecule has 0 saturated heterocycles. The number of methoxy groups -OCH3 is 1. The maximum absolute atomic E-state index is 5.28. The van der Waals surface area contributed by atoms with Gasteiger partial charge in [-0.05, 0) is 37.5 Å². The Morgan fingerprint density at radius 3 is 2.81 bits per heavy atom. The Balaban J connectivity index is 2.26. The standard InChI is InChI=1S/C17H26N2OS/c1-5-18-10-17-15(11-19(3)13(2)12-20-4)14-8-6-7-9-16(14)21-17/h6-9,13,18H,5,10-12H2,1-4H3. The van der Waals surface area contributed by atoms with Crippen LogP contribution in [0.3, 0.4) is 0 Å². The summed E-state index contributed by atoms with van der Waals surface area (Å²) in [6.07, 6.45) is 0. The fraction of sp³-hybridized carbons (Fsp3) is 0.529. The molecule has 1 atom stereocenters. The maximum atomic E-state index is 5.28. The summed E-state index contributed by atoms with van der Waals surface area (Å²) < 4.78 is 6.66. The van der Waals surface area contributed by atoms with Crippen LogP contribution in [0.2, 0.25) is 0 Å². The number of likely N-dealkylation sites (N-methyl/N-ethyl adjacent to an activating group) is 1. The van der Waals surface area contributed by atoms with Crippen LogP contribution in [0, 0.1) is 0 Å². The SMILES string of the molecule is CCNCc1sc2ccccc2c1CN(C)C(C)COC. The molecule has 0 aliphatic heterocycles. The monoisotopic (exact) mass is 306 g/mol. The van der Waals surface area contributed by atoms with Crippen molar-refractivity contribution in [2.24, 2.45) is 0 Å². The molecule has 1 heterocycles. The van der Waals surface area contributed by atoms with Gasteiger partial charge in [0.25, 0.3) is 0 Å². The third-order valence-electron chi connectivity index (χ3n) is 3.89. The van der Waals surface area contributed by atoms with E-state index in [9.17, 15) is 0 Å². The first-order chi connectivity index (χ1) is 10.2. The first-order valence-corrected chi connectivity index (χ1v) is 8.38. The lowest BCUT2D eigenvalue weighted by atomic mass is 10.1. The van der Waals surface area contributed by atoms with Gasteiger partial charge in [-0.3, -0.25) is 4.90 Å². The van der Waals surface area contributed by atoms with Crippen LogP contribution in [0.25, 0.3) is 10.1 Å². The number of ether oxygens (including phenoxy) is 1. The third kappa shape index (κ3) is 4.04. The molecule has 0 radical (unpaired) electrons. The van der Waals surface area contributed by atoms with Crippen LogP contribution in [-0.2, 0) is 17.8 Å². The lowest BCUT2D eigenvalue weighted by Crippen LogP contribution is -2.32. The minimum atomic E-state index is 0.417. The van der Waals surface area contributed by atoms with Gasteiger partial charge in [-0.1, -0.05) is 25.1 Å². The summed E-state index contributed by atoms with van der Waals surface area (Å²) in [5.74, 6) is 0. The molecule has 3 nitrogen and oxygen atoms in total.